The van der Waals surface area contributed by atoms with Gasteiger partial charge in [-0.15, -0.1) is 0 Å². The van der Waals surface area contributed by atoms with Crippen molar-refractivity contribution < 1.29 is 13.9 Å². The molecule has 27 heavy (non-hydrogen) atoms. The summed E-state index contributed by atoms with van der Waals surface area (Å²) in [7, 11) is 3.19. The van der Waals surface area contributed by atoms with Crippen molar-refractivity contribution >= 4 is 5.97 Å². The molecule has 0 fully saturated rings. The second kappa shape index (κ2) is 8.14. The quantitative estimate of drug-likeness (QED) is 0.625. The minimum atomic E-state index is -0.313. The third kappa shape index (κ3) is 4.60. The van der Waals surface area contributed by atoms with Crippen LogP contribution in [-0.4, -0.2) is 41.4 Å². The topological polar surface area (TPSA) is 47.4 Å². The zero-order valence-electron chi connectivity index (χ0n) is 15.6. The molecule has 3 aromatic rings. The third-order valence-electron chi connectivity index (χ3n) is 4.22. The van der Waals surface area contributed by atoms with Crippen molar-refractivity contribution in [1.82, 2.24) is 14.7 Å². The Kier molecular flexibility index (Phi) is 5.66. The highest BCUT2D eigenvalue weighted by atomic mass is 19.1. The fourth-order valence-corrected chi connectivity index (χ4v) is 2.94. The fourth-order valence-electron chi connectivity index (χ4n) is 2.94. The number of carbonyl (C=O) groups is 1. The lowest BCUT2D eigenvalue weighted by molar-refractivity contribution is -0.141. The molecule has 0 bridgehead atoms. The van der Waals surface area contributed by atoms with Crippen LogP contribution in [0.2, 0.25) is 0 Å². The molecule has 0 aliphatic rings. The monoisotopic (exact) mass is 367 g/mol. The van der Waals surface area contributed by atoms with Crippen LogP contribution in [0.4, 0.5) is 4.39 Å². The SMILES string of the molecule is COC(=O)CN(C)Cc1cn(-c2cccc(C)c2)nc1-c1cccc(F)c1. The standard InChI is InChI=1S/C21H22FN3O2/c1-15-6-4-9-19(10-15)25-13-17(12-24(2)14-20(26)27-3)21(23-25)16-7-5-8-18(22)11-16/h4-11,13H,12,14H2,1-3H3. The number of benzene rings is 2. The summed E-state index contributed by atoms with van der Waals surface area (Å²) in [5.41, 5.74) is 4.33. The van der Waals surface area contributed by atoms with Gasteiger partial charge >= 0.3 is 5.97 Å². The third-order valence-corrected chi connectivity index (χ3v) is 4.22. The van der Waals surface area contributed by atoms with Crippen molar-refractivity contribution in [2.75, 3.05) is 20.7 Å². The number of likely N-dealkylation sites (N-methyl/N-ethyl adjacent to an activating group) is 1. The molecule has 0 saturated heterocycles. The molecule has 3 rings (SSSR count). The van der Waals surface area contributed by atoms with E-state index in [1.165, 1.54) is 19.2 Å². The lowest BCUT2D eigenvalue weighted by Crippen LogP contribution is -2.26. The minimum Gasteiger partial charge on any atom is -0.468 e. The van der Waals surface area contributed by atoms with Gasteiger partial charge in [-0.2, -0.15) is 5.10 Å². The average molecular weight is 367 g/mol. The normalized spacial score (nSPS) is 11.0. The summed E-state index contributed by atoms with van der Waals surface area (Å²) >= 11 is 0. The van der Waals surface area contributed by atoms with E-state index in [0.29, 0.717) is 17.8 Å². The van der Waals surface area contributed by atoms with Gasteiger partial charge in [0, 0.05) is 23.9 Å². The molecule has 0 N–H and O–H groups in total. The minimum absolute atomic E-state index is 0.161. The summed E-state index contributed by atoms with van der Waals surface area (Å²) in [6.07, 6.45) is 1.92. The van der Waals surface area contributed by atoms with E-state index < -0.39 is 0 Å². The van der Waals surface area contributed by atoms with E-state index in [0.717, 1.165) is 16.8 Å². The molecular weight excluding hydrogens is 345 g/mol. The van der Waals surface area contributed by atoms with Gasteiger partial charge in [0.25, 0.3) is 0 Å². The van der Waals surface area contributed by atoms with Gasteiger partial charge in [-0.05, 0) is 43.8 Å². The molecule has 1 aromatic heterocycles. The molecule has 2 aromatic carbocycles. The zero-order valence-corrected chi connectivity index (χ0v) is 15.6. The van der Waals surface area contributed by atoms with Gasteiger partial charge < -0.3 is 4.74 Å². The van der Waals surface area contributed by atoms with Crippen LogP contribution in [0.15, 0.2) is 54.7 Å². The first-order valence-corrected chi connectivity index (χ1v) is 8.63. The number of carbonyl (C=O) groups excluding carboxylic acids is 1. The van der Waals surface area contributed by atoms with E-state index in [1.807, 2.05) is 55.4 Å². The molecule has 1 heterocycles. The van der Waals surface area contributed by atoms with Crippen molar-refractivity contribution in [3.63, 3.8) is 0 Å². The first kappa shape index (κ1) is 18.8. The summed E-state index contributed by atoms with van der Waals surface area (Å²) in [5, 5.41) is 4.69. The molecule has 0 atom stereocenters. The van der Waals surface area contributed by atoms with E-state index in [-0.39, 0.29) is 18.3 Å². The maximum atomic E-state index is 13.7. The molecule has 5 nitrogen and oxygen atoms in total. The molecule has 6 heteroatoms. The molecule has 140 valence electrons. The van der Waals surface area contributed by atoms with E-state index in [1.54, 1.807) is 10.7 Å². The van der Waals surface area contributed by atoms with Gasteiger partial charge in [0.1, 0.15) is 5.82 Å². The summed E-state index contributed by atoms with van der Waals surface area (Å²) in [5.74, 6) is -0.623. The smallest absolute Gasteiger partial charge is 0.319 e. The number of aromatic nitrogens is 2. The highest BCUT2D eigenvalue weighted by Gasteiger charge is 2.16. The molecule has 0 unspecified atom stereocenters. The first-order valence-electron chi connectivity index (χ1n) is 8.63. The van der Waals surface area contributed by atoms with Gasteiger partial charge in [-0.25, -0.2) is 9.07 Å². The van der Waals surface area contributed by atoms with Crippen LogP contribution < -0.4 is 0 Å². The van der Waals surface area contributed by atoms with Crippen LogP contribution in [0.25, 0.3) is 16.9 Å². The zero-order chi connectivity index (χ0) is 19.4. The number of hydrogen-bond donors (Lipinski definition) is 0. The Hall–Kier alpha value is -2.99. The molecular formula is C21H22FN3O2. The summed E-state index contributed by atoms with van der Waals surface area (Å²) in [6.45, 7) is 2.66. The van der Waals surface area contributed by atoms with Crippen LogP contribution in [-0.2, 0) is 16.1 Å². The number of esters is 1. The number of methoxy groups -OCH3 is 1. The lowest BCUT2D eigenvalue weighted by Gasteiger charge is -2.14. The Morgan fingerprint density at radius 2 is 2.00 bits per heavy atom. The van der Waals surface area contributed by atoms with E-state index >= 15 is 0 Å². The Bertz CT molecular complexity index is 952. The molecule has 0 saturated carbocycles. The van der Waals surface area contributed by atoms with Crippen molar-refractivity contribution in [2.24, 2.45) is 0 Å². The molecule has 0 spiro atoms. The summed E-state index contributed by atoms with van der Waals surface area (Å²) in [4.78, 5) is 13.4. The molecule has 0 aliphatic carbocycles. The second-order valence-electron chi connectivity index (χ2n) is 6.55. The number of hydrogen-bond acceptors (Lipinski definition) is 4. The second-order valence-corrected chi connectivity index (χ2v) is 6.55. The summed E-state index contributed by atoms with van der Waals surface area (Å²) in [6, 6.07) is 14.4. The van der Waals surface area contributed by atoms with Gasteiger partial charge in [-0.1, -0.05) is 24.3 Å². The number of aryl methyl sites for hydroxylation is 1. The Morgan fingerprint density at radius 3 is 2.70 bits per heavy atom. The maximum absolute atomic E-state index is 13.7. The number of rotatable bonds is 6. The van der Waals surface area contributed by atoms with E-state index in [9.17, 15) is 9.18 Å². The van der Waals surface area contributed by atoms with Gasteiger partial charge in [-0.3, -0.25) is 9.69 Å². The fraction of sp³-hybridized carbons (Fsp3) is 0.238. The van der Waals surface area contributed by atoms with Gasteiger partial charge in [0.2, 0.25) is 0 Å². The number of halogens is 1. The number of ether oxygens (including phenoxy) is 1. The Labute approximate surface area is 158 Å². The van der Waals surface area contributed by atoms with Crippen molar-refractivity contribution in [3.8, 4) is 16.9 Å². The van der Waals surface area contributed by atoms with Crippen LogP contribution >= 0.6 is 0 Å². The average Bonchev–Trinajstić information content (AvgIpc) is 3.05. The van der Waals surface area contributed by atoms with Crippen LogP contribution in [0.3, 0.4) is 0 Å². The molecule has 0 amide bonds. The van der Waals surface area contributed by atoms with Crippen molar-refractivity contribution in [3.05, 3.63) is 71.7 Å². The van der Waals surface area contributed by atoms with Crippen molar-refractivity contribution in [2.45, 2.75) is 13.5 Å². The predicted octanol–water partition coefficient (Wildman–Crippen LogP) is 3.59. The highest BCUT2D eigenvalue weighted by Crippen LogP contribution is 2.25. The van der Waals surface area contributed by atoms with Gasteiger partial charge in [0.05, 0.1) is 25.0 Å². The predicted molar refractivity (Wildman–Crippen MR) is 102 cm³/mol. The molecule has 0 aliphatic heterocycles. The lowest BCUT2D eigenvalue weighted by atomic mass is 10.1. The largest absolute Gasteiger partial charge is 0.468 e. The highest BCUT2D eigenvalue weighted by molar-refractivity contribution is 5.71. The first-order chi connectivity index (χ1) is 13.0. The molecule has 0 radical (unpaired) electrons. The maximum Gasteiger partial charge on any atom is 0.319 e. The van der Waals surface area contributed by atoms with Crippen LogP contribution in [0.5, 0.6) is 0 Å². The van der Waals surface area contributed by atoms with E-state index in [4.69, 9.17) is 9.84 Å². The van der Waals surface area contributed by atoms with Crippen LogP contribution in [0, 0.1) is 12.7 Å². The summed E-state index contributed by atoms with van der Waals surface area (Å²) < 4.78 is 20.3. The van der Waals surface area contributed by atoms with Crippen molar-refractivity contribution in [1.29, 1.82) is 0 Å². The Balaban J connectivity index is 2.00. The Morgan fingerprint density at radius 1 is 1.22 bits per heavy atom. The van der Waals surface area contributed by atoms with Gasteiger partial charge in [0.15, 0.2) is 0 Å². The number of nitrogens with zero attached hydrogens (tertiary/aromatic N) is 3. The van der Waals surface area contributed by atoms with E-state index in [2.05, 4.69) is 0 Å². The van der Waals surface area contributed by atoms with Crippen LogP contribution in [0.1, 0.15) is 11.1 Å².